The molecule has 1 atom stereocenters. The SMILES string of the molecule is [3H]c1c(F)ccc([C@H]2COC(N)=N2)c1F. The largest absolute Gasteiger partial charge is 0.463 e. The molecule has 0 bridgehead atoms. The number of ether oxygens (including phenoxy) is 1. The molecule has 5 heteroatoms. The monoisotopic (exact) mass is 200 g/mol. The van der Waals surface area contributed by atoms with Gasteiger partial charge in [-0.3, -0.25) is 0 Å². The molecule has 1 aliphatic heterocycles. The van der Waals surface area contributed by atoms with Crippen LogP contribution in [0.1, 0.15) is 13.0 Å². The van der Waals surface area contributed by atoms with E-state index in [-0.39, 0.29) is 18.2 Å². The molecule has 0 fully saturated rings. The van der Waals surface area contributed by atoms with Gasteiger partial charge in [-0.15, -0.1) is 0 Å². The smallest absolute Gasteiger partial charge is 0.282 e. The summed E-state index contributed by atoms with van der Waals surface area (Å²) < 4.78 is 38.2. The highest BCUT2D eigenvalue weighted by Crippen LogP contribution is 2.24. The number of nitrogens with zero attached hydrogens (tertiary/aromatic N) is 1. The summed E-state index contributed by atoms with van der Waals surface area (Å²) in [6, 6.07) is 0.919. The lowest BCUT2D eigenvalue weighted by Gasteiger charge is -2.05. The fraction of sp³-hybridized carbons (Fsp3) is 0.222. The zero-order chi connectivity index (χ0) is 11.0. The molecule has 1 heterocycles. The number of hydrogen-bond donors (Lipinski definition) is 1. The van der Waals surface area contributed by atoms with E-state index >= 15 is 0 Å². The average Bonchev–Trinajstić information content (AvgIpc) is 2.61. The molecule has 1 aromatic carbocycles. The Bertz CT molecular complexity index is 436. The van der Waals surface area contributed by atoms with Crippen molar-refractivity contribution < 1.29 is 14.9 Å². The van der Waals surface area contributed by atoms with Crippen LogP contribution in [0.3, 0.4) is 0 Å². The standard InChI is InChI=1S/C9H8F2N2O/c10-5-1-2-6(7(11)3-5)8-4-14-9(12)13-8/h1-3,8H,4H2,(H2,12,13)/t8-/m1/s1/i3T. The lowest BCUT2D eigenvalue weighted by Crippen LogP contribution is -2.10. The molecule has 1 aromatic rings. The second-order valence-electron chi connectivity index (χ2n) is 2.87. The highest BCUT2D eigenvalue weighted by molar-refractivity contribution is 5.73. The van der Waals surface area contributed by atoms with Gasteiger partial charge in [0.15, 0.2) is 0 Å². The predicted molar refractivity (Wildman–Crippen MR) is 46.7 cm³/mol. The van der Waals surface area contributed by atoms with Crippen LogP contribution in [0.2, 0.25) is 0 Å². The lowest BCUT2D eigenvalue weighted by atomic mass is 10.1. The second kappa shape index (κ2) is 3.25. The van der Waals surface area contributed by atoms with Gasteiger partial charge in [0.2, 0.25) is 0 Å². The molecule has 0 saturated carbocycles. The van der Waals surface area contributed by atoms with Gasteiger partial charge in [0, 0.05) is 11.6 Å². The Kier molecular flexibility index (Phi) is 1.79. The van der Waals surface area contributed by atoms with Crippen molar-refractivity contribution in [3.8, 4) is 0 Å². The first-order valence-corrected chi connectivity index (χ1v) is 4.00. The third-order valence-corrected chi connectivity index (χ3v) is 1.92. The van der Waals surface area contributed by atoms with Crippen molar-refractivity contribution in [1.29, 1.82) is 0 Å². The topological polar surface area (TPSA) is 47.6 Å². The van der Waals surface area contributed by atoms with Crippen molar-refractivity contribution in [2.75, 3.05) is 6.61 Å². The van der Waals surface area contributed by atoms with Crippen LogP contribution in [-0.4, -0.2) is 12.6 Å². The Balaban J connectivity index is 2.42. The first-order valence-electron chi connectivity index (χ1n) is 4.50. The zero-order valence-electron chi connectivity index (χ0n) is 8.13. The van der Waals surface area contributed by atoms with Gasteiger partial charge in [0.05, 0.1) is 1.37 Å². The third kappa shape index (κ3) is 1.53. The Morgan fingerprint density at radius 1 is 1.57 bits per heavy atom. The Morgan fingerprint density at radius 2 is 2.36 bits per heavy atom. The highest BCUT2D eigenvalue weighted by atomic mass is 19.1. The molecule has 0 aromatic heterocycles. The summed E-state index contributed by atoms with van der Waals surface area (Å²) in [6.07, 6.45) is 0. The van der Waals surface area contributed by atoms with Gasteiger partial charge in [0.1, 0.15) is 24.3 Å². The molecule has 0 aliphatic carbocycles. The normalized spacial score (nSPS) is 21.4. The van der Waals surface area contributed by atoms with Gasteiger partial charge in [-0.2, -0.15) is 0 Å². The number of benzene rings is 1. The molecule has 14 heavy (non-hydrogen) atoms. The van der Waals surface area contributed by atoms with Crippen molar-refractivity contribution in [3.05, 3.63) is 35.4 Å². The van der Waals surface area contributed by atoms with Crippen molar-refractivity contribution in [3.63, 3.8) is 0 Å². The van der Waals surface area contributed by atoms with E-state index < -0.39 is 23.7 Å². The zero-order valence-corrected chi connectivity index (χ0v) is 7.13. The molecule has 0 saturated heterocycles. The summed E-state index contributed by atoms with van der Waals surface area (Å²) in [6.45, 7) is 0.119. The first-order chi connectivity index (χ1) is 7.09. The average molecular weight is 200 g/mol. The van der Waals surface area contributed by atoms with Gasteiger partial charge in [-0.1, -0.05) is 6.07 Å². The number of hydrogen-bond acceptors (Lipinski definition) is 3. The Morgan fingerprint density at radius 3 is 3.00 bits per heavy atom. The Labute approximate surface area is 80.6 Å². The fourth-order valence-electron chi connectivity index (χ4n) is 1.26. The van der Waals surface area contributed by atoms with Crippen molar-refractivity contribution in [2.24, 2.45) is 10.7 Å². The summed E-state index contributed by atoms with van der Waals surface area (Å²) in [5, 5.41) is 0. The van der Waals surface area contributed by atoms with E-state index in [0.717, 1.165) is 6.07 Å². The summed E-state index contributed by atoms with van der Waals surface area (Å²) in [4.78, 5) is 3.82. The second-order valence-corrected chi connectivity index (χ2v) is 2.87. The number of rotatable bonds is 1. The van der Waals surface area contributed by atoms with Crippen molar-refractivity contribution in [2.45, 2.75) is 6.04 Å². The number of aliphatic imine (C=N–C) groups is 1. The summed E-state index contributed by atoms with van der Waals surface area (Å²) >= 11 is 0. The minimum Gasteiger partial charge on any atom is -0.463 e. The van der Waals surface area contributed by atoms with E-state index in [1.54, 1.807) is 0 Å². The minimum absolute atomic E-state index is 0.0183. The first kappa shape index (κ1) is 7.73. The molecule has 1 aliphatic rings. The summed E-state index contributed by atoms with van der Waals surface area (Å²) in [7, 11) is 0. The summed E-state index contributed by atoms with van der Waals surface area (Å²) in [5.41, 5.74) is 5.39. The van der Waals surface area contributed by atoms with Crippen LogP contribution in [-0.2, 0) is 4.74 Å². The van der Waals surface area contributed by atoms with Crippen LogP contribution in [0.4, 0.5) is 8.78 Å². The van der Waals surface area contributed by atoms with Gasteiger partial charge in [-0.05, 0) is 6.07 Å². The molecule has 3 nitrogen and oxygen atoms in total. The number of halogens is 2. The minimum atomic E-state index is -0.915. The van der Waals surface area contributed by atoms with Crippen molar-refractivity contribution >= 4 is 6.02 Å². The van der Waals surface area contributed by atoms with Crippen LogP contribution in [0.25, 0.3) is 0 Å². The molecule has 74 valence electrons. The maximum absolute atomic E-state index is 13.4. The molecule has 0 spiro atoms. The maximum Gasteiger partial charge on any atom is 0.282 e. The van der Waals surface area contributed by atoms with Crippen LogP contribution in [0, 0.1) is 11.6 Å². The van der Waals surface area contributed by atoms with Crippen LogP contribution in [0.5, 0.6) is 0 Å². The van der Waals surface area contributed by atoms with E-state index in [1.165, 1.54) is 6.07 Å². The van der Waals surface area contributed by atoms with Gasteiger partial charge in [0.25, 0.3) is 6.02 Å². The van der Waals surface area contributed by atoms with Crippen LogP contribution < -0.4 is 5.73 Å². The molecular weight excluding hydrogens is 190 g/mol. The predicted octanol–water partition coefficient (Wildman–Crippen LogP) is 1.35. The molecule has 2 rings (SSSR count). The molecule has 0 unspecified atom stereocenters. The fourth-order valence-corrected chi connectivity index (χ4v) is 1.26. The maximum atomic E-state index is 13.4. The van der Waals surface area contributed by atoms with Crippen LogP contribution >= 0.6 is 0 Å². The van der Waals surface area contributed by atoms with E-state index in [2.05, 4.69) is 4.99 Å². The quantitative estimate of drug-likeness (QED) is 0.743. The number of amidine groups is 1. The lowest BCUT2D eigenvalue weighted by molar-refractivity contribution is 0.312. The highest BCUT2D eigenvalue weighted by Gasteiger charge is 2.21. The molecular formula is C9H8F2N2O. The van der Waals surface area contributed by atoms with Gasteiger partial charge < -0.3 is 10.5 Å². The Hall–Kier alpha value is -1.65. The van der Waals surface area contributed by atoms with E-state index in [9.17, 15) is 8.78 Å². The summed E-state index contributed by atoms with van der Waals surface area (Å²) in [5.74, 6) is -1.81. The van der Waals surface area contributed by atoms with Gasteiger partial charge >= 0.3 is 0 Å². The van der Waals surface area contributed by atoms with Crippen molar-refractivity contribution in [1.82, 2.24) is 0 Å². The van der Waals surface area contributed by atoms with E-state index in [1.807, 2.05) is 0 Å². The molecule has 0 amide bonds. The van der Waals surface area contributed by atoms with E-state index in [0.29, 0.717) is 0 Å². The molecule has 2 N–H and O–H groups in total. The van der Waals surface area contributed by atoms with Crippen LogP contribution in [0.15, 0.2) is 23.2 Å². The van der Waals surface area contributed by atoms with Gasteiger partial charge in [-0.25, -0.2) is 13.8 Å². The number of nitrogens with two attached hydrogens (primary N) is 1. The third-order valence-electron chi connectivity index (χ3n) is 1.92. The van der Waals surface area contributed by atoms with E-state index in [4.69, 9.17) is 11.8 Å². The molecule has 0 radical (unpaired) electrons.